The molecule has 192 valence electrons. The molecular weight excluding hydrogens is 511 g/mol. The second-order valence-corrected chi connectivity index (χ2v) is 9.89. The second kappa shape index (κ2) is 11.5. The molecular formula is C26H26ClFO7S. The third kappa shape index (κ3) is 5.68. The van der Waals surface area contributed by atoms with Gasteiger partial charge in [0.15, 0.2) is 32.9 Å². The normalized spacial score (nSPS) is 11.4. The van der Waals surface area contributed by atoms with E-state index in [4.69, 9.17) is 35.3 Å². The summed E-state index contributed by atoms with van der Waals surface area (Å²) >= 11 is 6.11. The van der Waals surface area contributed by atoms with E-state index in [1.165, 1.54) is 59.8 Å². The van der Waals surface area contributed by atoms with E-state index in [-0.39, 0.29) is 21.2 Å². The maximum atomic E-state index is 15.3. The van der Waals surface area contributed by atoms with Gasteiger partial charge in [-0.2, -0.15) is 0 Å². The SMILES string of the molecule is COc1ccc(S(=O)(=O)Cc2c(/C=C\c3cc(OC)c(OC)c(OC)c3)ccc(OC)c2F)cc1Cl. The molecule has 3 rings (SSSR count). The lowest BCUT2D eigenvalue weighted by Crippen LogP contribution is -2.09. The molecule has 36 heavy (non-hydrogen) atoms. The van der Waals surface area contributed by atoms with Gasteiger partial charge in [-0.3, -0.25) is 0 Å². The fourth-order valence-corrected chi connectivity index (χ4v) is 5.31. The topological polar surface area (TPSA) is 80.3 Å². The van der Waals surface area contributed by atoms with Crippen LogP contribution in [0.4, 0.5) is 4.39 Å². The highest BCUT2D eigenvalue weighted by atomic mass is 35.5. The Balaban J connectivity index is 2.06. The van der Waals surface area contributed by atoms with E-state index >= 15 is 4.39 Å². The standard InChI is InChI=1S/C26H26ClFO7S/c1-31-21-11-9-18(14-20(21)27)36(29,30)15-19-17(8-10-22(32-2)25(19)28)7-6-16-12-23(33-3)26(35-5)24(13-16)34-4/h6-14H,15H2,1-5H3/b7-6-. The Hall–Kier alpha value is -3.43. The van der Waals surface area contributed by atoms with Gasteiger partial charge in [-0.15, -0.1) is 0 Å². The summed E-state index contributed by atoms with van der Waals surface area (Å²) in [4.78, 5) is -0.0601. The molecule has 0 saturated carbocycles. The summed E-state index contributed by atoms with van der Waals surface area (Å²) in [6.45, 7) is 0. The molecule has 0 amide bonds. The highest BCUT2D eigenvalue weighted by Gasteiger charge is 2.23. The van der Waals surface area contributed by atoms with Gasteiger partial charge in [0.05, 0.1) is 51.2 Å². The summed E-state index contributed by atoms with van der Waals surface area (Å²) in [5.41, 5.74) is 0.965. The Morgan fingerprint density at radius 1 is 0.778 bits per heavy atom. The highest BCUT2D eigenvalue weighted by Crippen LogP contribution is 2.39. The molecule has 0 aliphatic heterocycles. The summed E-state index contributed by atoms with van der Waals surface area (Å²) in [5, 5.41) is 0.132. The van der Waals surface area contributed by atoms with Crippen molar-refractivity contribution in [2.24, 2.45) is 0 Å². The lowest BCUT2D eigenvalue weighted by molar-refractivity contribution is 0.324. The number of methoxy groups -OCH3 is 5. The van der Waals surface area contributed by atoms with Crippen LogP contribution >= 0.6 is 11.6 Å². The van der Waals surface area contributed by atoms with E-state index in [1.807, 2.05) is 0 Å². The first-order valence-electron chi connectivity index (χ1n) is 10.6. The van der Waals surface area contributed by atoms with Crippen molar-refractivity contribution in [2.45, 2.75) is 10.6 Å². The molecule has 0 atom stereocenters. The first-order chi connectivity index (χ1) is 17.2. The fourth-order valence-electron chi connectivity index (χ4n) is 3.57. The van der Waals surface area contributed by atoms with Crippen LogP contribution in [0.2, 0.25) is 5.02 Å². The van der Waals surface area contributed by atoms with Crippen molar-refractivity contribution < 1.29 is 36.5 Å². The van der Waals surface area contributed by atoms with Gasteiger partial charge >= 0.3 is 0 Å². The van der Waals surface area contributed by atoms with Crippen LogP contribution < -0.4 is 23.7 Å². The summed E-state index contributed by atoms with van der Waals surface area (Å²) in [6.07, 6.45) is 3.29. The third-order valence-electron chi connectivity index (χ3n) is 5.42. The van der Waals surface area contributed by atoms with Gasteiger partial charge in [-0.05, 0) is 47.5 Å². The average molecular weight is 537 g/mol. The third-order valence-corrected chi connectivity index (χ3v) is 7.36. The minimum absolute atomic E-state index is 0.0509. The molecule has 3 aromatic carbocycles. The van der Waals surface area contributed by atoms with Gasteiger partial charge in [0, 0.05) is 5.56 Å². The first-order valence-corrected chi connectivity index (χ1v) is 12.6. The summed E-state index contributed by atoms with van der Waals surface area (Å²) in [5.74, 6) is 0.182. The monoisotopic (exact) mass is 536 g/mol. The molecule has 0 aromatic heterocycles. The lowest BCUT2D eigenvalue weighted by atomic mass is 10.1. The quantitative estimate of drug-likeness (QED) is 0.309. The molecule has 0 saturated heterocycles. The van der Waals surface area contributed by atoms with Gasteiger partial charge in [0.25, 0.3) is 0 Å². The van der Waals surface area contributed by atoms with Crippen molar-refractivity contribution in [3.63, 3.8) is 0 Å². The van der Waals surface area contributed by atoms with E-state index < -0.39 is 21.4 Å². The Labute approximate surface area is 214 Å². The zero-order valence-corrected chi connectivity index (χ0v) is 22.0. The average Bonchev–Trinajstić information content (AvgIpc) is 2.88. The molecule has 7 nitrogen and oxygen atoms in total. The Morgan fingerprint density at radius 3 is 1.89 bits per heavy atom. The van der Waals surface area contributed by atoms with Crippen molar-refractivity contribution in [1.82, 2.24) is 0 Å². The van der Waals surface area contributed by atoms with Crippen LogP contribution in [0.1, 0.15) is 16.7 Å². The maximum absolute atomic E-state index is 15.3. The zero-order valence-electron chi connectivity index (χ0n) is 20.4. The van der Waals surface area contributed by atoms with Gasteiger partial charge in [-0.25, -0.2) is 12.8 Å². The van der Waals surface area contributed by atoms with Crippen molar-refractivity contribution in [1.29, 1.82) is 0 Å². The minimum atomic E-state index is -3.97. The van der Waals surface area contributed by atoms with Crippen LogP contribution in [0, 0.1) is 5.82 Å². The predicted octanol–water partition coefficient (Wildman–Crippen LogP) is 5.67. The van der Waals surface area contributed by atoms with E-state index in [9.17, 15) is 8.42 Å². The van der Waals surface area contributed by atoms with Crippen molar-refractivity contribution in [3.05, 3.63) is 70.0 Å². The maximum Gasteiger partial charge on any atom is 0.203 e. The predicted molar refractivity (Wildman–Crippen MR) is 137 cm³/mol. The van der Waals surface area contributed by atoms with Gasteiger partial charge in [0.1, 0.15) is 5.75 Å². The smallest absolute Gasteiger partial charge is 0.203 e. The number of rotatable bonds is 10. The van der Waals surface area contributed by atoms with Crippen molar-refractivity contribution in [3.8, 4) is 28.7 Å². The molecule has 0 N–H and O–H groups in total. The Kier molecular flexibility index (Phi) is 8.70. The molecule has 0 fully saturated rings. The number of hydrogen-bond donors (Lipinski definition) is 0. The lowest BCUT2D eigenvalue weighted by Gasteiger charge is -2.14. The van der Waals surface area contributed by atoms with Gasteiger partial charge < -0.3 is 23.7 Å². The highest BCUT2D eigenvalue weighted by molar-refractivity contribution is 7.90. The van der Waals surface area contributed by atoms with Crippen LogP contribution in [0.15, 0.2) is 47.4 Å². The summed E-state index contributed by atoms with van der Waals surface area (Å²) in [6, 6.07) is 10.5. The molecule has 0 aliphatic carbocycles. The molecule has 3 aromatic rings. The molecule has 0 bridgehead atoms. The minimum Gasteiger partial charge on any atom is -0.495 e. The van der Waals surface area contributed by atoms with E-state index in [0.29, 0.717) is 34.1 Å². The number of hydrogen-bond acceptors (Lipinski definition) is 7. The van der Waals surface area contributed by atoms with Crippen LogP contribution in [0.5, 0.6) is 28.7 Å². The molecule has 0 radical (unpaired) electrons. The number of ether oxygens (including phenoxy) is 5. The summed E-state index contributed by atoms with van der Waals surface area (Å²) in [7, 11) is 3.26. The largest absolute Gasteiger partial charge is 0.495 e. The van der Waals surface area contributed by atoms with E-state index in [1.54, 1.807) is 30.4 Å². The number of halogens is 2. The van der Waals surface area contributed by atoms with Crippen LogP contribution in [-0.2, 0) is 15.6 Å². The van der Waals surface area contributed by atoms with Crippen molar-refractivity contribution in [2.75, 3.05) is 35.5 Å². The molecule has 0 heterocycles. The molecule has 0 unspecified atom stereocenters. The molecule has 0 aliphatic rings. The van der Waals surface area contributed by atoms with Crippen LogP contribution in [-0.4, -0.2) is 44.0 Å². The second-order valence-electron chi connectivity index (χ2n) is 7.50. The summed E-state index contributed by atoms with van der Waals surface area (Å²) < 4.78 is 67.9. The van der Waals surface area contributed by atoms with Crippen LogP contribution in [0.3, 0.4) is 0 Å². The van der Waals surface area contributed by atoms with Crippen molar-refractivity contribution >= 4 is 33.6 Å². The number of sulfone groups is 1. The molecule has 0 spiro atoms. The Bertz CT molecular complexity index is 1360. The van der Waals surface area contributed by atoms with Gasteiger partial charge in [-0.1, -0.05) is 29.8 Å². The van der Waals surface area contributed by atoms with E-state index in [2.05, 4.69) is 0 Å². The zero-order chi connectivity index (χ0) is 26.5. The van der Waals surface area contributed by atoms with E-state index in [0.717, 1.165) is 0 Å². The van der Waals surface area contributed by atoms with Gasteiger partial charge in [0.2, 0.25) is 5.75 Å². The Morgan fingerprint density at radius 2 is 1.36 bits per heavy atom. The number of benzene rings is 3. The molecule has 10 heteroatoms. The first kappa shape index (κ1) is 27.2. The van der Waals surface area contributed by atoms with Crippen LogP contribution in [0.25, 0.3) is 12.2 Å². The fraction of sp³-hybridized carbons (Fsp3) is 0.231.